The maximum absolute atomic E-state index is 10.5. The third-order valence-electron chi connectivity index (χ3n) is 2.56. The van der Waals surface area contributed by atoms with Crippen LogP contribution in [0.15, 0.2) is 48.8 Å². The van der Waals surface area contributed by atoms with E-state index < -0.39 is 17.9 Å². The van der Waals surface area contributed by atoms with E-state index in [2.05, 4.69) is 9.97 Å². The van der Waals surface area contributed by atoms with Crippen molar-refractivity contribution in [3.05, 3.63) is 60.2 Å². The molecular formula is C15H16N2O4. The highest BCUT2D eigenvalue weighted by molar-refractivity contribution is 5.74. The van der Waals surface area contributed by atoms with Crippen LogP contribution in [0.2, 0.25) is 0 Å². The summed E-state index contributed by atoms with van der Waals surface area (Å²) >= 11 is 0. The molecule has 2 aromatic heterocycles. The highest BCUT2D eigenvalue weighted by Crippen LogP contribution is 2.10. The fraction of sp³-hybridized carbons (Fsp3) is 0.200. The number of carbonyl (C=O) groups is 2. The van der Waals surface area contributed by atoms with Gasteiger partial charge in [0, 0.05) is 12.4 Å². The Hall–Kier alpha value is -2.76. The first-order valence-electron chi connectivity index (χ1n) is 6.26. The Morgan fingerprint density at radius 3 is 2.10 bits per heavy atom. The summed E-state index contributed by atoms with van der Waals surface area (Å²) in [6.07, 6.45) is 3.17. The average Bonchev–Trinajstić information content (AvgIpc) is 2.48. The molecule has 2 rings (SSSR count). The van der Waals surface area contributed by atoms with E-state index in [4.69, 9.17) is 10.2 Å². The zero-order valence-electron chi connectivity index (χ0n) is 11.5. The van der Waals surface area contributed by atoms with Crippen LogP contribution in [0.3, 0.4) is 0 Å². The van der Waals surface area contributed by atoms with E-state index in [0.717, 1.165) is 0 Å². The van der Waals surface area contributed by atoms with Gasteiger partial charge in [0.25, 0.3) is 0 Å². The molecule has 6 heteroatoms. The van der Waals surface area contributed by atoms with Crippen LogP contribution < -0.4 is 0 Å². The van der Waals surface area contributed by atoms with Gasteiger partial charge in [0.2, 0.25) is 0 Å². The van der Waals surface area contributed by atoms with E-state index in [1.54, 1.807) is 55.7 Å². The molecule has 1 atom stereocenters. The number of carboxylic acid groups (broad SMARTS) is 2. The minimum atomic E-state index is -0.848. The van der Waals surface area contributed by atoms with Gasteiger partial charge in [-0.2, -0.15) is 0 Å². The normalized spacial score (nSPS) is 10.9. The van der Waals surface area contributed by atoms with Gasteiger partial charge in [-0.05, 0) is 31.2 Å². The van der Waals surface area contributed by atoms with Gasteiger partial charge in [0.05, 0.1) is 23.7 Å². The summed E-state index contributed by atoms with van der Waals surface area (Å²) in [5.41, 5.74) is 1.19. The van der Waals surface area contributed by atoms with Crippen molar-refractivity contribution >= 4 is 11.9 Å². The van der Waals surface area contributed by atoms with Crippen LogP contribution in [-0.2, 0) is 16.0 Å². The lowest BCUT2D eigenvalue weighted by Crippen LogP contribution is -2.08. The quantitative estimate of drug-likeness (QED) is 0.892. The van der Waals surface area contributed by atoms with Crippen molar-refractivity contribution in [3.8, 4) is 0 Å². The fourth-order valence-corrected chi connectivity index (χ4v) is 1.42. The minimum absolute atomic E-state index is 0.000833. The lowest BCUT2D eigenvalue weighted by atomic mass is 10.1. The molecule has 2 heterocycles. The van der Waals surface area contributed by atoms with Crippen molar-refractivity contribution < 1.29 is 19.8 Å². The predicted octanol–water partition coefficient (Wildman–Crippen LogP) is 1.98. The van der Waals surface area contributed by atoms with Crippen LogP contribution in [0.4, 0.5) is 0 Å². The van der Waals surface area contributed by atoms with Crippen LogP contribution in [0.5, 0.6) is 0 Å². The lowest BCUT2D eigenvalue weighted by molar-refractivity contribution is -0.138. The van der Waals surface area contributed by atoms with Crippen molar-refractivity contribution in [1.29, 1.82) is 0 Å². The van der Waals surface area contributed by atoms with Crippen LogP contribution in [0, 0.1) is 0 Å². The predicted molar refractivity (Wildman–Crippen MR) is 75.9 cm³/mol. The molecule has 0 aliphatic carbocycles. The monoisotopic (exact) mass is 288 g/mol. The van der Waals surface area contributed by atoms with Crippen molar-refractivity contribution in [2.45, 2.75) is 19.3 Å². The number of carboxylic acids is 2. The maximum atomic E-state index is 10.5. The summed E-state index contributed by atoms with van der Waals surface area (Å²) in [4.78, 5) is 28.3. The molecule has 0 bridgehead atoms. The molecule has 0 radical (unpaired) electrons. The summed E-state index contributed by atoms with van der Waals surface area (Å²) in [6.45, 7) is 1.62. The van der Waals surface area contributed by atoms with Gasteiger partial charge >= 0.3 is 11.9 Å². The second-order valence-corrected chi connectivity index (χ2v) is 4.21. The van der Waals surface area contributed by atoms with Gasteiger partial charge in [-0.25, -0.2) is 0 Å². The summed E-state index contributed by atoms with van der Waals surface area (Å²) in [5, 5.41) is 16.9. The lowest BCUT2D eigenvalue weighted by Gasteiger charge is -2.02. The van der Waals surface area contributed by atoms with E-state index in [-0.39, 0.29) is 6.42 Å². The summed E-state index contributed by atoms with van der Waals surface area (Å²) in [5.74, 6) is -2.21. The Balaban J connectivity index is 0.000000211. The molecule has 0 amide bonds. The van der Waals surface area contributed by atoms with Gasteiger partial charge in [0.15, 0.2) is 0 Å². The third-order valence-corrected chi connectivity index (χ3v) is 2.56. The van der Waals surface area contributed by atoms with E-state index >= 15 is 0 Å². The Morgan fingerprint density at radius 2 is 1.67 bits per heavy atom. The van der Waals surface area contributed by atoms with Crippen molar-refractivity contribution in [1.82, 2.24) is 9.97 Å². The second-order valence-electron chi connectivity index (χ2n) is 4.21. The summed E-state index contributed by atoms with van der Waals surface area (Å²) < 4.78 is 0. The Morgan fingerprint density at radius 1 is 1.05 bits per heavy atom. The van der Waals surface area contributed by atoms with E-state index in [0.29, 0.717) is 11.4 Å². The fourth-order valence-electron chi connectivity index (χ4n) is 1.42. The molecule has 0 saturated heterocycles. The van der Waals surface area contributed by atoms with Crippen LogP contribution in [-0.4, -0.2) is 32.1 Å². The first-order chi connectivity index (χ1) is 10.0. The molecule has 0 aliphatic heterocycles. The number of rotatable bonds is 4. The van der Waals surface area contributed by atoms with Crippen LogP contribution >= 0.6 is 0 Å². The largest absolute Gasteiger partial charge is 0.481 e. The van der Waals surface area contributed by atoms with Gasteiger partial charge in [-0.3, -0.25) is 19.6 Å². The second kappa shape index (κ2) is 8.42. The van der Waals surface area contributed by atoms with Gasteiger partial charge in [-0.15, -0.1) is 0 Å². The van der Waals surface area contributed by atoms with Crippen LogP contribution in [0.1, 0.15) is 24.2 Å². The number of hydrogen-bond donors (Lipinski definition) is 2. The SMILES string of the molecule is CC(C(=O)O)c1ccccn1.O=C(O)Cc1ccccn1. The number of hydrogen-bond acceptors (Lipinski definition) is 4. The smallest absolute Gasteiger partial charge is 0.312 e. The highest BCUT2D eigenvalue weighted by atomic mass is 16.4. The first-order valence-corrected chi connectivity index (χ1v) is 6.26. The molecule has 0 saturated carbocycles. The third kappa shape index (κ3) is 6.29. The molecule has 2 N–H and O–H groups in total. The standard InChI is InChI=1S/C8H9NO2.C7H7NO2/c1-6(8(10)11)7-4-2-3-5-9-7;9-7(10)5-6-3-1-2-4-8-6/h2-6H,1H3,(H,10,11);1-4H,5H2,(H,9,10). The number of aliphatic carboxylic acids is 2. The van der Waals surface area contributed by atoms with E-state index in [1.807, 2.05) is 0 Å². The number of nitrogens with zero attached hydrogens (tertiary/aromatic N) is 2. The number of pyridine rings is 2. The van der Waals surface area contributed by atoms with Crippen molar-refractivity contribution in [2.24, 2.45) is 0 Å². The van der Waals surface area contributed by atoms with Gasteiger partial charge in [-0.1, -0.05) is 12.1 Å². The number of aromatic nitrogens is 2. The molecular weight excluding hydrogens is 272 g/mol. The molecule has 0 spiro atoms. The molecule has 2 aromatic rings. The molecule has 0 aromatic carbocycles. The Labute approximate surface area is 122 Å². The van der Waals surface area contributed by atoms with Crippen molar-refractivity contribution in [2.75, 3.05) is 0 Å². The van der Waals surface area contributed by atoms with Gasteiger partial charge < -0.3 is 10.2 Å². The first kappa shape index (κ1) is 16.3. The topological polar surface area (TPSA) is 100 Å². The molecule has 21 heavy (non-hydrogen) atoms. The molecule has 6 nitrogen and oxygen atoms in total. The Bertz CT molecular complexity index is 573. The highest BCUT2D eigenvalue weighted by Gasteiger charge is 2.13. The molecule has 0 aliphatic rings. The zero-order valence-corrected chi connectivity index (χ0v) is 11.5. The maximum Gasteiger partial charge on any atom is 0.312 e. The zero-order chi connectivity index (χ0) is 15.7. The summed E-state index contributed by atoms with van der Waals surface area (Å²) in [7, 11) is 0. The molecule has 0 fully saturated rings. The summed E-state index contributed by atoms with van der Waals surface area (Å²) in [6, 6.07) is 10.5. The minimum Gasteiger partial charge on any atom is -0.481 e. The van der Waals surface area contributed by atoms with Crippen LogP contribution in [0.25, 0.3) is 0 Å². The van der Waals surface area contributed by atoms with Crippen molar-refractivity contribution in [3.63, 3.8) is 0 Å². The van der Waals surface area contributed by atoms with E-state index in [1.165, 1.54) is 0 Å². The Kier molecular flexibility index (Phi) is 6.53. The molecule has 1 unspecified atom stereocenters. The molecule has 110 valence electrons. The van der Waals surface area contributed by atoms with Gasteiger partial charge in [0.1, 0.15) is 0 Å². The van der Waals surface area contributed by atoms with E-state index in [9.17, 15) is 9.59 Å². The average molecular weight is 288 g/mol.